The average molecular weight is 451 g/mol. The zero-order chi connectivity index (χ0) is 22.8. The summed E-state index contributed by atoms with van der Waals surface area (Å²) in [7, 11) is 0. The Hall–Kier alpha value is -4.39. The Morgan fingerprint density at radius 3 is 2.62 bits per heavy atom. The van der Waals surface area contributed by atoms with Crippen molar-refractivity contribution in [1.82, 2.24) is 4.98 Å². The van der Waals surface area contributed by atoms with Crippen molar-refractivity contribution < 1.29 is 14.6 Å². The minimum absolute atomic E-state index is 0.0266. The number of nitrogens with zero attached hydrogens (tertiary/aromatic N) is 7. The van der Waals surface area contributed by atoms with E-state index in [0.29, 0.717) is 17.0 Å². The molecular weight excluding hydrogens is 438 g/mol. The molecule has 1 aliphatic heterocycles. The van der Waals surface area contributed by atoms with E-state index < -0.39 is 21.8 Å². The predicted octanol–water partition coefficient (Wildman–Crippen LogP) is 4.50. The number of nitro groups is 2. The summed E-state index contributed by atoms with van der Waals surface area (Å²) in [5, 5.41) is 37.2. The van der Waals surface area contributed by atoms with E-state index in [-0.39, 0.29) is 22.2 Å². The zero-order valence-corrected chi connectivity index (χ0v) is 17.2. The first-order valence-electron chi connectivity index (χ1n) is 9.09. The number of hydrogen-bond donors (Lipinski definition) is 0. The van der Waals surface area contributed by atoms with E-state index in [1.807, 2.05) is 0 Å². The van der Waals surface area contributed by atoms with Gasteiger partial charge in [-0.25, -0.2) is 4.98 Å². The Morgan fingerprint density at radius 2 is 1.88 bits per heavy atom. The zero-order valence-electron chi connectivity index (χ0n) is 16.4. The minimum atomic E-state index is -1.04. The molecule has 32 heavy (non-hydrogen) atoms. The molecule has 0 aliphatic carbocycles. The maximum Gasteiger partial charge on any atom is 0.296 e. The lowest BCUT2D eigenvalue weighted by molar-refractivity contribution is -0.384. The van der Waals surface area contributed by atoms with Crippen LogP contribution in [-0.4, -0.2) is 32.5 Å². The van der Waals surface area contributed by atoms with Gasteiger partial charge in [-0.1, -0.05) is 24.3 Å². The van der Waals surface area contributed by atoms with Gasteiger partial charge in [-0.05, 0) is 13.0 Å². The van der Waals surface area contributed by atoms with Crippen molar-refractivity contribution in [2.75, 3.05) is 5.01 Å². The summed E-state index contributed by atoms with van der Waals surface area (Å²) in [5.41, 5.74) is 1.07. The highest BCUT2D eigenvalue weighted by Gasteiger charge is 2.36. The summed E-state index contributed by atoms with van der Waals surface area (Å²) in [6.45, 7) is 1.59. The number of amides is 1. The van der Waals surface area contributed by atoms with Crippen LogP contribution < -0.4 is 5.01 Å². The number of hydrogen-bond acceptors (Lipinski definition) is 10. The van der Waals surface area contributed by atoms with Crippen LogP contribution in [0.25, 0.3) is 11.3 Å². The number of anilines is 1. The lowest BCUT2D eigenvalue weighted by Crippen LogP contribution is -2.29. The maximum atomic E-state index is 12.8. The molecule has 2 aromatic carbocycles. The Balaban J connectivity index is 1.57. The van der Waals surface area contributed by atoms with Gasteiger partial charge in [0.05, 0.1) is 21.3 Å². The van der Waals surface area contributed by atoms with Gasteiger partial charge < -0.3 is 0 Å². The molecule has 0 bridgehead atoms. The lowest BCUT2D eigenvalue weighted by Gasteiger charge is -2.08. The minimum Gasteiger partial charge on any atom is -0.269 e. The molecule has 0 unspecified atom stereocenters. The first-order chi connectivity index (χ1) is 15.3. The van der Waals surface area contributed by atoms with Crippen molar-refractivity contribution in [3.8, 4) is 11.3 Å². The van der Waals surface area contributed by atoms with Crippen molar-refractivity contribution in [2.45, 2.75) is 13.0 Å². The third-order valence-corrected chi connectivity index (χ3v) is 5.30. The Kier molecular flexibility index (Phi) is 5.47. The summed E-state index contributed by atoms with van der Waals surface area (Å²) in [4.78, 5) is 38.3. The standard InChI is InChI=1S/C19H13N7O5S/c1-11-17(22-21-14-7-2-3-8-16(14)26(30)31)18(27)24(23-11)19-20-15(10-32-19)12-5-4-6-13(9-12)25(28)29/h2-10,17H,1H3/t17-/m0/s1. The van der Waals surface area contributed by atoms with Crippen LogP contribution in [0.15, 0.2) is 69.2 Å². The topological polar surface area (TPSA) is 157 Å². The van der Waals surface area contributed by atoms with Crippen LogP contribution >= 0.6 is 11.3 Å². The molecule has 0 spiro atoms. The number of carbonyl (C=O) groups is 1. The largest absolute Gasteiger partial charge is 0.296 e. The molecule has 0 radical (unpaired) electrons. The van der Waals surface area contributed by atoms with E-state index in [1.54, 1.807) is 30.5 Å². The summed E-state index contributed by atoms with van der Waals surface area (Å²) in [6, 6.07) is 10.8. The first kappa shape index (κ1) is 20.9. The van der Waals surface area contributed by atoms with Crippen molar-refractivity contribution in [3.05, 3.63) is 74.1 Å². The van der Waals surface area contributed by atoms with E-state index in [4.69, 9.17) is 0 Å². The van der Waals surface area contributed by atoms with E-state index in [0.717, 1.165) is 16.3 Å². The van der Waals surface area contributed by atoms with Crippen molar-refractivity contribution >= 4 is 45.1 Å². The summed E-state index contributed by atoms with van der Waals surface area (Å²) < 4.78 is 0. The molecule has 4 rings (SSSR count). The molecule has 3 aromatic rings. The predicted molar refractivity (Wildman–Crippen MR) is 116 cm³/mol. The van der Waals surface area contributed by atoms with E-state index in [2.05, 4.69) is 20.3 Å². The Bertz CT molecular complexity index is 1300. The van der Waals surface area contributed by atoms with Gasteiger partial charge in [-0.15, -0.1) is 16.5 Å². The number of carbonyl (C=O) groups excluding carboxylic acids is 1. The molecule has 1 aliphatic rings. The summed E-state index contributed by atoms with van der Waals surface area (Å²) >= 11 is 1.14. The quantitative estimate of drug-likeness (QED) is 0.305. The molecule has 1 amide bonds. The Morgan fingerprint density at radius 1 is 1.09 bits per heavy atom. The number of thiazole rings is 1. The molecule has 2 heterocycles. The molecule has 13 heteroatoms. The van der Waals surface area contributed by atoms with Crippen LogP contribution in [0.4, 0.5) is 22.2 Å². The lowest BCUT2D eigenvalue weighted by atomic mass is 10.1. The summed E-state index contributed by atoms with van der Waals surface area (Å²) in [6.07, 6.45) is 0. The van der Waals surface area contributed by atoms with Gasteiger partial charge in [0.15, 0.2) is 11.7 Å². The number of benzene rings is 2. The molecule has 1 aromatic heterocycles. The molecule has 0 fully saturated rings. The number of non-ortho nitro benzene ring substituents is 1. The molecule has 12 nitrogen and oxygen atoms in total. The van der Waals surface area contributed by atoms with Crippen LogP contribution in [0.1, 0.15) is 6.92 Å². The fourth-order valence-corrected chi connectivity index (χ4v) is 3.71. The molecular formula is C19H13N7O5S. The molecule has 0 saturated carbocycles. The second kappa shape index (κ2) is 8.39. The van der Waals surface area contributed by atoms with Crippen molar-refractivity contribution in [2.24, 2.45) is 15.3 Å². The van der Waals surface area contributed by atoms with Gasteiger partial charge in [0.2, 0.25) is 5.13 Å². The molecule has 0 saturated heterocycles. The smallest absolute Gasteiger partial charge is 0.269 e. The SMILES string of the molecule is CC1=NN(c2nc(-c3cccc([N+](=O)[O-])c3)cs2)C(=O)[C@H]1N=Nc1ccccc1[N+](=O)[O-]. The monoisotopic (exact) mass is 451 g/mol. The fraction of sp³-hybridized carbons (Fsp3) is 0.105. The number of aromatic nitrogens is 1. The first-order valence-corrected chi connectivity index (χ1v) is 9.97. The fourth-order valence-electron chi connectivity index (χ4n) is 2.92. The molecule has 1 atom stereocenters. The third kappa shape index (κ3) is 3.96. The number of hydrazone groups is 1. The normalized spacial score (nSPS) is 15.9. The van der Waals surface area contributed by atoms with E-state index in [9.17, 15) is 25.0 Å². The van der Waals surface area contributed by atoms with Gasteiger partial charge in [-0.2, -0.15) is 15.2 Å². The highest BCUT2D eigenvalue weighted by molar-refractivity contribution is 7.14. The number of para-hydroxylation sites is 1. The highest BCUT2D eigenvalue weighted by Crippen LogP contribution is 2.32. The third-order valence-electron chi connectivity index (χ3n) is 4.48. The maximum absolute atomic E-state index is 12.8. The van der Waals surface area contributed by atoms with Crippen LogP contribution in [0.2, 0.25) is 0 Å². The van der Waals surface area contributed by atoms with Gasteiger partial charge in [0.25, 0.3) is 17.3 Å². The average Bonchev–Trinajstić information content (AvgIpc) is 3.37. The van der Waals surface area contributed by atoms with Gasteiger partial charge in [0.1, 0.15) is 0 Å². The Labute approximate surface area is 183 Å². The summed E-state index contributed by atoms with van der Waals surface area (Å²) in [5.74, 6) is -0.509. The second-order valence-electron chi connectivity index (χ2n) is 6.58. The number of nitro benzene ring substituents is 2. The van der Waals surface area contributed by atoms with Crippen LogP contribution in [0.3, 0.4) is 0 Å². The number of rotatable bonds is 6. The van der Waals surface area contributed by atoms with Crippen LogP contribution in [0, 0.1) is 20.2 Å². The second-order valence-corrected chi connectivity index (χ2v) is 7.41. The van der Waals surface area contributed by atoms with E-state index in [1.165, 1.54) is 30.3 Å². The van der Waals surface area contributed by atoms with Gasteiger partial charge in [-0.3, -0.25) is 25.0 Å². The van der Waals surface area contributed by atoms with Crippen LogP contribution in [-0.2, 0) is 4.79 Å². The molecule has 0 N–H and O–H groups in total. The van der Waals surface area contributed by atoms with Crippen molar-refractivity contribution in [1.29, 1.82) is 0 Å². The molecule has 160 valence electrons. The highest BCUT2D eigenvalue weighted by atomic mass is 32.1. The van der Waals surface area contributed by atoms with Gasteiger partial charge in [0, 0.05) is 29.1 Å². The number of azo groups is 1. The van der Waals surface area contributed by atoms with Gasteiger partial charge >= 0.3 is 0 Å². The van der Waals surface area contributed by atoms with Crippen molar-refractivity contribution in [3.63, 3.8) is 0 Å². The van der Waals surface area contributed by atoms with E-state index >= 15 is 0 Å². The van der Waals surface area contributed by atoms with Crippen LogP contribution in [0.5, 0.6) is 0 Å².